The molecule has 1 aliphatic rings. The maximum Gasteiger partial charge on any atom is 0.174 e. The maximum atomic E-state index is 12.0. The first-order valence-corrected chi connectivity index (χ1v) is 7.11. The summed E-state index contributed by atoms with van der Waals surface area (Å²) in [5.41, 5.74) is 3.97. The lowest BCUT2D eigenvalue weighted by Gasteiger charge is -2.06. The minimum absolute atomic E-state index is 0.117. The molecule has 0 aliphatic heterocycles. The summed E-state index contributed by atoms with van der Waals surface area (Å²) in [7, 11) is 0. The van der Waals surface area contributed by atoms with Crippen LogP contribution >= 0.6 is 0 Å². The van der Waals surface area contributed by atoms with Crippen LogP contribution in [-0.2, 0) is 24.1 Å². The molecule has 20 heavy (non-hydrogen) atoms. The molecule has 2 nitrogen and oxygen atoms in total. The Bertz CT molecular complexity index is 602. The van der Waals surface area contributed by atoms with E-state index in [0.717, 1.165) is 17.7 Å². The molecule has 2 heteroatoms. The molecule has 0 unspecified atom stereocenters. The van der Waals surface area contributed by atoms with Crippen LogP contribution in [0.5, 0.6) is 5.75 Å². The van der Waals surface area contributed by atoms with Crippen molar-refractivity contribution in [2.75, 3.05) is 6.61 Å². The lowest BCUT2D eigenvalue weighted by Crippen LogP contribution is -2.13. The van der Waals surface area contributed by atoms with Crippen molar-refractivity contribution in [1.82, 2.24) is 0 Å². The molecular weight excluding hydrogens is 248 g/mol. The summed E-state index contributed by atoms with van der Waals surface area (Å²) in [6.07, 6.45) is 4.03. The van der Waals surface area contributed by atoms with Crippen LogP contribution in [0.25, 0.3) is 0 Å². The fourth-order valence-electron chi connectivity index (χ4n) is 2.69. The zero-order valence-corrected chi connectivity index (χ0v) is 11.5. The first kappa shape index (κ1) is 12.9. The number of Topliss-reactive ketones (excluding diaryl/α,β-unsaturated/α-hetero) is 1. The van der Waals surface area contributed by atoms with Crippen molar-refractivity contribution in [2.45, 2.75) is 25.7 Å². The van der Waals surface area contributed by atoms with Crippen molar-refractivity contribution in [3.63, 3.8) is 0 Å². The molecule has 0 spiro atoms. The van der Waals surface area contributed by atoms with Gasteiger partial charge in [-0.2, -0.15) is 0 Å². The Hall–Kier alpha value is -2.09. The first-order valence-electron chi connectivity index (χ1n) is 7.11. The van der Waals surface area contributed by atoms with Crippen molar-refractivity contribution in [1.29, 1.82) is 0 Å². The average molecular weight is 266 g/mol. The molecule has 1 aliphatic carbocycles. The molecule has 0 aromatic heterocycles. The van der Waals surface area contributed by atoms with E-state index in [1.54, 1.807) is 0 Å². The summed E-state index contributed by atoms with van der Waals surface area (Å²) < 4.78 is 5.48. The zero-order chi connectivity index (χ0) is 13.8. The predicted molar refractivity (Wildman–Crippen MR) is 79.1 cm³/mol. The minimum atomic E-state index is 0.117. The second-order valence-corrected chi connectivity index (χ2v) is 5.27. The molecule has 0 radical (unpaired) electrons. The molecule has 0 fully saturated rings. The number of carbonyl (C=O) groups is 1. The molecular formula is C18H18O2. The van der Waals surface area contributed by atoms with Crippen LogP contribution < -0.4 is 4.74 Å². The smallest absolute Gasteiger partial charge is 0.174 e. The van der Waals surface area contributed by atoms with E-state index < -0.39 is 0 Å². The molecule has 3 rings (SSSR count). The van der Waals surface area contributed by atoms with Crippen LogP contribution in [-0.4, -0.2) is 12.4 Å². The van der Waals surface area contributed by atoms with Crippen molar-refractivity contribution < 1.29 is 9.53 Å². The van der Waals surface area contributed by atoms with Gasteiger partial charge >= 0.3 is 0 Å². The van der Waals surface area contributed by atoms with Gasteiger partial charge in [-0.05, 0) is 48.1 Å². The highest BCUT2D eigenvalue weighted by atomic mass is 16.5. The highest BCUT2D eigenvalue weighted by Gasteiger charge is 2.12. The summed E-state index contributed by atoms with van der Waals surface area (Å²) in [4.78, 5) is 12.0. The number of hydrogen-bond donors (Lipinski definition) is 0. The molecule has 0 heterocycles. The Morgan fingerprint density at radius 2 is 1.80 bits per heavy atom. The number of carbonyl (C=O) groups excluding carboxylic acids is 1. The summed E-state index contributed by atoms with van der Waals surface area (Å²) >= 11 is 0. The van der Waals surface area contributed by atoms with Gasteiger partial charge in [-0.15, -0.1) is 0 Å². The number of ether oxygens (including phenoxy) is 1. The number of ketones is 1. The monoisotopic (exact) mass is 266 g/mol. The highest BCUT2D eigenvalue weighted by Crippen LogP contribution is 2.23. The van der Waals surface area contributed by atoms with E-state index in [2.05, 4.69) is 18.2 Å². The lowest BCUT2D eigenvalue weighted by atomic mass is 10.0. The number of rotatable bonds is 5. The molecule has 0 saturated carbocycles. The summed E-state index contributed by atoms with van der Waals surface area (Å²) in [5.74, 6) is 0.863. The Kier molecular flexibility index (Phi) is 3.82. The molecule has 102 valence electrons. The predicted octanol–water partition coefficient (Wildman–Crippen LogP) is 3.37. The zero-order valence-electron chi connectivity index (χ0n) is 11.5. The highest BCUT2D eigenvalue weighted by molar-refractivity contribution is 5.82. The van der Waals surface area contributed by atoms with Crippen LogP contribution in [0.1, 0.15) is 23.1 Å². The lowest BCUT2D eigenvalue weighted by molar-refractivity contribution is -0.120. The van der Waals surface area contributed by atoms with Crippen molar-refractivity contribution >= 4 is 5.78 Å². The van der Waals surface area contributed by atoms with E-state index in [1.165, 1.54) is 24.0 Å². The number of aryl methyl sites for hydroxylation is 2. The Morgan fingerprint density at radius 3 is 2.65 bits per heavy atom. The van der Waals surface area contributed by atoms with E-state index in [-0.39, 0.29) is 12.4 Å². The fraction of sp³-hybridized carbons (Fsp3) is 0.278. The normalized spacial score (nSPS) is 13.0. The van der Waals surface area contributed by atoms with Crippen LogP contribution in [0.15, 0.2) is 48.5 Å². The maximum absolute atomic E-state index is 12.0. The third-order valence-electron chi connectivity index (χ3n) is 3.71. The third-order valence-corrected chi connectivity index (χ3v) is 3.71. The molecule has 0 bridgehead atoms. The second kappa shape index (κ2) is 5.91. The van der Waals surface area contributed by atoms with Crippen LogP contribution in [0.2, 0.25) is 0 Å². The van der Waals surface area contributed by atoms with Gasteiger partial charge in [0.1, 0.15) is 12.4 Å². The Labute approximate surface area is 119 Å². The van der Waals surface area contributed by atoms with E-state index in [1.807, 2.05) is 30.3 Å². The largest absolute Gasteiger partial charge is 0.486 e. The molecule has 0 N–H and O–H groups in total. The number of benzene rings is 2. The standard InChI is InChI=1S/C18H18O2/c19-17(13-20-18-7-2-1-3-8-18)12-14-9-10-15-5-4-6-16(15)11-14/h1-3,7-11H,4-6,12-13H2. The molecule has 0 amide bonds. The van der Waals surface area contributed by atoms with Gasteiger partial charge in [-0.1, -0.05) is 36.4 Å². The quantitative estimate of drug-likeness (QED) is 0.829. The van der Waals surface area contributed by atoms with E-state index in [9.17, 15) is 4.79 Å². The summed E-state index contributed by atoms with van der Waals surface area (Å²) in [6.45, 7) is 0.140. The van der Waals surface area contributed by atoms with E-state index >= 15 is 0 Å². The number of para-hydroxylation sites is 1. The SMILES string of the molecule is O=C(COc1ccccc1)Cc1ccc2c(c1)CCC2. The van der Waals surface area contributed by atoms with Crippen LogP contribution in [0.3, 0.4) is 0 Å². The Balaban J connectivity index is 1.56. The van der Waals surface area contributed by atoms with Crippen molar-refractivity contribution in [2.24, 2.45) is 0 Å². The second-order valence-electron chi connectivity index (χ2n) is 5.27. The molecule has 0 saturated heterocycles. The van der Waals surface area contributed by atoms with Gasteiger partial charge in [0.25, 0.3) is 0 Å². The van der Waals surface area contributed by atoms with Crippen molar-refractivity contribution in [3.05, 3.63) is 65.2 Å². The number of fused-ring (bicyclic) bond motifs is 1. The van der Waals surface area contributed by atoms with Gasteiger partial charge in [0.05, 0.1) is 0 Å². The number of hydrogen-bond acceptors (Lipinski definition) is 2. The van der Waals surface area contributed by atoms with Gasteiger partial charge in [-0.3, -0.25) is 4.79 Å². The molecule has 2 aromatic rings. The van der Waals surface area contributed by atoms with Gasteiger partial charge in [0.2, 0.25) is 0 Å². The molecule has 0 atom stereocenters. The Morgan fingerprint density at radius 1 is 1.00 bits per heavy atom. The third kappa shape index (κ3) is 3.08. The van der Waals surface area contributed by atoms with Crippen LogP contribution in [0.4, 0.5) is 0 Å². The van der Waals surface area contributed by atoms with Gasteiger partial charge in [0.15, 0.2) is 5.78 Å². The topological polar surface area (TPSA) is 26.3 Å². The van der Waals surface area contributed by atoms with Crippen LogP contribution in [0, 0.1) is 0 Å². The molecule has 2 aromatic carbocycles. The summed E-state index contributed by atoms with van der Waals surface area (Å²) in [6, 6.07) is 15.9. The summed E-state index contributed by atoms with van der Waals surface area (Å²) in [5, 5.41) is 0. The van der Waals surface area contributed by atoms with E-state index in [4.69, 9.17) is 4.74 Å². The van der Waals surface area contributed by atoms with Crippen molar-refractivity contribution in [3.8, 4) is 5.75 Å². The first-order chi connectivity index (χ1) is 9.81. The minimum Gasteiger partial charge on any atom is -0.486 e. The fourth-order valence-corrected chi connectivity index (χ4v) is 2.69. The van der Waals surface area contributed by atoms with Gasteiger partial charge in [-0.25, -0.2) is 0 Å². The average Bonchev–Trinajstić information content (AvgIpc) is 2.94. The van der Waals surface area contributed by atoms with Gasteiger partial charge in [0, 0.05) is 6.42 Å². The van der Waals surface area contributed by atoms with E-state index in [0.29, 0.717) is 6.42 Å². The van der Waals surface area contributed by atoms with Gasteiger partial charge < -0.3 is 4.74 Å².